The molecule has 5 aromatic heterocycles. The highest BCUT2D eigenvalue weighted by atomic mass is 19.1. The van der Waals surface area contributed by atoms with Crippen LogP contribution in [0.2, 0.25) is 0 Å². The van der Waals surface area contributed by atoms with Crippen LogP contribution in [0, 0.1) is 11.7 Å². The Morgan fingerprint density at radius 1 is 0.978 bits per heavy atom. The lowest BCUT2D eigenvalue weighted by Crippen LogP contribution is -2.25. The molecular formula is C34H33FN8O2. The summed E-state index contributed by atoms with van der Waals surface area (Å²) in [6, 6.07) is 12.5. The topological polar surface area (TPSA) is 125 Å². The number of carbonyl (C=O) groups is 1. The molecule has 1 amide bonds. The number of anilines is 1. The van der Waals surface area contributed by atoms with Crippen molar-refractivity contribution >= 4 is 33.5 Å². The highest BCUT2D eigenvalue weighted by Gasteiger charge is 2.17. The van der Waals surface area contributed by atoms with Gasteiger partial charge in [-0.15, -0.1) is 0 Å². The largest absolute Gasteiger partial charge is 0.492 e. The number of carbonyl (C=O) groups excluding carboxylic acids is 1. The van der Waals surface area contributed by atoms with E-state index in [0.717, 1.165) is 52.7 Å². The number of H-pyrrole nitrogens is 2. The van der Waals surface area contributed by atoms with Crippen LogP contribution in [-0.4, -0.2) is 67.2 Å². The van der Waals surface area contributed by atoms with Gasteiger partial charge in [0, 0.05) is 70.1 Å². The van der Waals surface area contributed by atoms with Crippen molar-refractivity contribution in [1.82, 2.24) is 35.0 Å². The first kappa shape index (κ1) is 28.6. The van der Waals surface area contributed by atoms with E-state index in [-0.39, 0.29) is 17.6 Å². The highest BCUT2D eigenvalue weighted by Crippen LogP contribution is 2.35. The van der Waals surface area contributed by atoms with Crippen LogP contribution in [0.5, 0.6) is 5.75 Å². The summed E-state index contributed by atoms with van der Waals surface area (Å²) in [4.78, 5) is 31.6. The first-order valence-electron chi connectivity index (χ1n) is 15.2. The van der Waals surface area contributed by atoms with Gasteiger partial charge in [0.1, 0.15) is 23.9 Å². The summed E-state index contributed by atoms with van der Waals surface area (Å²) in [5, 5.41) is 12.1. The number of aromatic amines is 2. The summed E-state index contributed by atoms with van der Waals surface area (Å²) in [7, 11) is 0. The van der Waals surface area contributed by atoms with Crippen LogP contribution in [0.1, 0.15) is 26.7 Å². The van der Waals surface area contributed by atoms with Crippen molar-refractivity contribution in [2.75, 3.05) is 31.6 Å². The molecule has 6 aromatic rings. The maximum atomic E-state index is 14.8. The van der Waals surface area contributed by atoms with Crippen molar-refractivity contribution in [2.45, 2.75) is 26.7 Å². The molecule has 1 aliphatic heterocycles. The summed E-state index contributed by atoms with van der Waals surface area (Å²) >= 11 is 0. The van der Waals surface area contributed by atoms with Crippen LogP contribution in [0.3, 0.4) is 0 Å². The van der Waals surface area contributed by atoms with Crippen LogP contribution >= 0.6 is 0 Å². The van der Waals surface area contributed by atoms with Gasteiger partial charge in [0.25, 0.3) is 0 Å². The molecule has 0 spiro atoms. The summed E-state index contributed by atoms with van der Waals surface area (Å²) < 4.78 is 20.7. The predicted molar refractivity (Wildman–Crippen MR) is 172 cm³/mol. The normalized spacial score (nSPS) is 13.7. The molecule has 0 unspecified atom stereocenters. The Hall–Kier alpha value is -5.16. The van der Waals surface area contributed by atoms with E-state index in [1.807, 2.05) is 44.2 Å². The number of hydrogen-bond donors (Lipinski definition) is 3. The van der Waals surface area contributed by atoms with Crippen LogP contribution < -0.4 is 10.1 Å². The fraction of sp³-hybridized carbons (Fsp3) is 0.265. The summed E-state index contributed by atoms with van der Waals surface area (Å²) in [5.74, 6) is -0.115. The smallest absolute Gasteiger partial charge is 0.226 e. The van der Waals surface area contributed by atoms with Gasteiger partial charge in [-0.3, -0.25) is 24.8 Å². The second-order valence-electron chi connectivity index (χ2n) is 11.7. The van der Waals surface area contributed by atoms with Gasteiger partial charge in [0.2, 0.25) is 5.91 Å². The number of likely N-dealkylation sites (tertiary alicyclic amines) is 1. The Bertz CT molecular complexity index is 2010. The summed E-state index contributed by atoms with van der Waals surface area (Å²) in [6.45, 7) is 7.19. The fourth-order valence-electron chi connectivity index (χ4n) is 5.71. The average Bonchev–Trinajstić information content (AvgIpc) is 3.80. The molecule has 1 aromatic carbocycles. The zero-order valence-corrected chi connectivity index (χ0v) is 25.1. The average molecular weight is 605 g/mol. The third kappa shape index (κ3) is 5.99. The Morgan fingerprint density at radius 2 is 1.82 bits per heavy atom. The third-order valence-electron chi connectivity index (χ3n) is 8.10. The molecule has 1 fully saturated rings. The van der Waals surface area contributed by atoms with Crippen molar-refractivity contribution in [2.24, 2.45) is 5.92 Å². The second-order valence-corrected chi connectivity index (χ2v) is 11.7. The van der Waals surface area contributed by atoms with Gasteiger partial charge in [0.05, 0.1) is 23.3 Å². The molecule has 228 valence electrons. The van der Waals surface area contributed by atoms with E-state index >= 15 is 0 Å². The molecule has 0 atom stereocenters. The van der Waals surface area contributed by atoms with Crippen LogP contribution in [0.15, 0.2) is 67.3 Å². The maximum absolute atomic E-state index is 14.8. The van der Waals surface area contributed by atoms with Crippen molar-refractivity contribution in [3.05, 3.63) is 73.1 Å². The molecule has 1 saturated heterocycles. The SMILES string of the molecule is CC(C)C(=O)Nc1cncc(-c2cnc3[nH]nc(-c4cc5c(-c6cc(F)cc(OCCN7CCCC7)c6)nccc5[nH]4)c3c2)c1. The van der Waals surface area contributed by atoms with Gasteiger partial charge in [-0.1, -0.05) is 13.8 Å². The molecule has 0 radical (unpaired) electrons. The molecule has 11 heteroatoms. The number of nitrogens with zero attached hydrogens (tertiary/aromatic N) is 5. The van der Waals surface area contributed by atoms with Gasteiger partial charge < -0.3 is 15.0 Å². The first-order chi connectivity index (χ1) is 21.9. The van der Waals surface area contributed by atoms with Gasteiger partial charge in [-0.05, 0) is 62.3 Å². The highest BCUT2D eigenvalue weighted by molar-refractivity contribution is 6.00. The minimum atomic E-state index is -0.377. The Balaban J connectivity index is 1.20. The maximum Gasteiger partial charge on any atom is 0.226 e. The van der Waals surface area contributed by atoms with E-state index in [0.29, 0.717) is 40.6 Å². The van der Waals surface area contributed by atoms with Gasteiger partial charge in [-0.25, -0.2) is 9.37 Å². The molecule has 6 heterocycles. The second kappa shape index (κ2) is 12.1. The lowest BCUT2D eigenvalue weighted by Gasteiger charge is -2.15. The molecule has 7 rings (SSSR count). The van der Waals surface area contributed by atoms with E-state index in [2.05, 4.69) is 40.3 Å². The van der Waals surface area contributed by atoms with Crippen molar-refractivity contribution < 1.29 is 13.9 Å². The monoisotopic (exact) mass is 604 g/mol. The summed E-state index contributed by atoms with van der Waals surface area (Å²) in [6.07, 6.45) is 9.24. The number of rotatable bonds is 9. The number of hydrogen-bond acceptors (Lipinski definition) is 7. The zero-order chi connectivity index (χ0) is 30.9. The van der Waals surface area contributed by atoms with Crippen LogP contribution in [0.4, 0.5) is 10.1 Å². The van der Waals surface area contributed by atoms with Gasteiger partial charge >= 0.3 is 0 Å². The zero-order valence-electron chi connectivity index (χ0n) is 25.1. The number of halogens is 1. The third-order valence-corrected chi connectivity index (χ3v) is 8.10. The molecule has 0 aliphatic carbocycles. The summed E-state index contributed by atoms with van der Waals surface area (Å²) in [5.41, 5.74) is 6.45. The molecule has 0 bridgehead atoms. The van der Waals surface area contributed by atoms with Gasteiger partial charge in [0.15, 0.2) is 5.65 Å². The standard InChI is InChI=1S/C34H33FN8O2/c1-20(2)34(44)39-25-12-22(17-36-19-25)23-14-28-32(41-42-33(28)38-18-23)30-16-27-29(40-30)5-6-37-31(27)21-11-24(35)15-26(13-21)45-10-9-43-7-3-4-8-43/h5-6,11-20,40H,3-4,7-10H2,1-2H3,(H,39,44)(H,38,41,42). The minimum absolute atomic E-state index is 0.0770. The first-order valence-corrected chi connectivity index (χ1v) is 15.2. The Labute approximate surface area is 259 Å². The Kier molecular flexibility index (Phi) is 7.68. The molecule has 45 heavy (non-hydrogen) atoms. The van der Waals surface area contributed by atoms with Crippen molar-refractivity contribution in [1.29, 1.82) is 0 Å². The van der Waals surface area contributed by atoms with Crippen molar-refractivity contribution in [3.8, 4) is 39.5 Å². The minimum Gasteiger partial charge on any atom is -0.492 e. The van der Waals surface area contributed by atoms with Gasteiger partial charge in [-0.2, -0.15) is 5.10 Å². The molecule has 0 saturated carbocycles. The number of aromatic nitrogens is 6. The number of nitrogens with one attached hydrogen (secondary N) is 3. The lowest BCUT2D eigenvalue weighted by atomic mass is 10.1. The van der Waals surface area contributed by atoms with Crippen LogP contribution in [0.25, 0.3) is 55.7 Å². The Morgan fingerprint density at radius 3 is 2.67 bits per heavy atom. The molecule has 1 aliphatic rings. The van der Waals surface area contributed by atoms with E-state index in [1.165, 1.54) is 25.0 Å². The number of fused-ring (bicyclic) bond motifs is 2. The molecule has 10 nitrogen and oxygen atoms in total. The number of ether oxygens (including phenoxy) is 1. The number of benzene rings is 1. The number of pyridine rings is 3. The van der Waals surface area contributed by atoms with E-state index in [4.69, 9.17) is 4.74 Å². The van der Waals surface area contributed by atoms with E-state index < -0.39 is 0 Å². The van der Waals surface area contributed by atoms with Crippen LogP contribution in [-0.2, 0) is 4.79 Å². The molecule has 3 N–H and O–H groups in total. The quantitative estimate of drug-likeness (QED) is 0.174. The molecular weight excluding hydrogens is 571 g/mol. The van der Waals surface area contributed by atoms with E-state index in [9.17, 15) is 9.18 Å². The van der Waals surface area contributed by atoms with E-state index in [1.54, 1.807) is 24.8 Å². The fourth-order valence-corrected chi connectivity index (χ4v) is 5.71. The predicted octanol–water partition coefficient (Wildman–Crippen LogP) is 6.44. The number of amides is 1. The van der Waals surface area contributed by atoms with Crippen molar-refractivity contribution in [3.63, 3.8) is 0 Å². The lowest BCUT2D eigenvalue weighted by molar-refractivity contribution is -0.118.